The van der Waals surface area contributed by atoms with Crippen LogP contribution in [0.25, 0.3) is 11.0 Å². The molecule has 76 valence electrons. The molecule has 0 atom stereocenters. The first-order valence-corrected chi connectivity index (χ1v) is 5.38. The molecule has 2 aromatic rings. The molecule has 4 heteroatoms. The number of rotatable bonds is 2. The van der Waals surface area contributed by atoms with E-state index >= 15 is 0 Å². The van der Waals surface area contributed by atoms with Crippen LogP contribution in [0.4, 0.5) is 5.82 Å². The lowest BCUT2D eigenvalue weighted by Crippen LogP contribution is -2.03. The Hall–Kier alpha value is -1.35. The Morgan fingerprint density at radius 3 is 2.93 bits per heavy atom. The van der Waals surface area contributed by atoms with E-state index in [2.05, 4.69) is 15.3 Å². The Morgan fingerprint density at radius 1 is 1.27 bits per heavy atom. The first-order valence-electron chi connectivity index (χ1n) is 5.00. The molecule has 1 fully saturated rings. The summed E-state index contributed by atoms with van der Waals surface area (Å²) in [6, 6.07) is 6.15. The van der Waals surface area contributed by atoms with Gasteiger partial charge in [0.2, 0.25) is 0 Å². The minimum Gasteiger partial charge on any atom is -0.366 e. The highest BCUT2D eigenvalue weighted by Crippen LogP contribution is 2.24. The van der Waals surface area contributed by atoms with Gasteiger partial charge in [-0.2, -0.15) is 0 Å². The highest BCUT2D eigenvalue weighted by Gasteiger charge is 2.21. The van der Waals surface area contributed by atoms with Crippen molar-refractivity contribution in [3.05, 3.63) is 29.4 Å². The summed E-state index contributed by atoms with van der Waals surface area (Å²) < 4.78 is 0. The fourth-order valence-corrected chi connectivity index (χ4v) is 1.66. The first kappa shape index (κ1) is 8.92. The summed E-state index contributed by atoms with van der Waals surface area (Å²) in [6.45, 7) is 0. The summed E-state index contributed by atoms with van der Waals surface area (Å²) in [7, 11) is 0. The van der Waals surface area contributed by atoms with Gasteiger partial charge in [-0.15, -0.1) is 0 Å². The maximum absolute atomic E-state index is 5.87. The van der Waals surface area contributed by atoms with E-state index in [-0.39, 0.29) is 0 Å². The predicted molar refractivity (Wildman–Crippen MR) is 61.2 cm³/mol. The minimum atomic E-state index is 0.601. The molecule has 1 aliphatic rings. The van der Waals surface area contributed by atoms with Gasteiger partial charge in [0.1, 0.15) is 5.82 Å². The van der Waals surface area contributed by atoms with Crippen molar-refractivity contribution < 1.29 is 0 Å². The SMILES string of the molecule is Clc1ccc2nc(NC3CC3)cnc2c1. The molecule has 0 aliphatic heterocycles. The van der Waals surface area contributed by atoms with Gasteiger partial charge in [-0.05, 0) is 31.0 Å². The zero-order chi connectivity index (χ0) is 10.3. The summed E-state index contributed by atoms with van der Waals surface area (Å²) in [6.07, 6.45) is 4.23. The van der Waals surface area contributed by atoms with Gasteiger partial charge in [0.15, 0.2) is 0 Å². The van der Waals surface area contributed by atoms with Crippen LogP contribution in [0.5, 0.6) is 0 Å². The van der Waals surface area contributed by atoms with Crippen LogP contribution in [-0.4, -0.2) is 16.0 Å². The van der Waals surface area contributed by atoms with Gasteiger partial charge < -0.3 is 5.32 Å². The molecule has 1 aliphatic carbocycles. The molecule has 3 rings (SSSR count). The van der Waals surface area contributed by atoms with Crippen molar-refractivity contribution in [2.45, 2.75) is 18.9 Å². The molecule has 1 aromatic carbocycles. The van der Waals surface area contributed by atoms with Gasteiger partial charge in [0, 0.05) is 11.1 Å². The molecule has 0 bridgehead atoms. The van der Waals surface area contributed by atoms with Crippen LogP contribution in [0.1, 0.15) is 12.8 Å². The molecule has 1 saturated carbocycles. The average Bonchev–Trinajstić information content (AvgIpc) is 3.02. The Bertz CT molecular complexity index is 508. The highest BCUT2D eigenvalue weighted by atomic mass is 35.5. The van der Waals surface area contributed by atoms with E-state index in [1.807, 2.05) is 18.2 Å². The summed E-state index contributed by atoms with van der Waals surface area (Å²) in [5.74, 6) is 0.854. The number of anilines is 1. The Balaban J connectivity index is 2.01. The van der Waals surface area contributed by atoms with E-state index in [1.54, 1.807) is 6.20 Å². The molecule has 0 spiro atoms. The highest BCUT2D eigenvalue weighted by molar-refractivity contribution is 6.31. The number of hydrogen-bond donors (Lipinski definition) is 1. The molecule has 1 N–H and O–H groups in total. The van der Waals surface area contributed by atoms with Crippen molar-refractivity contribution in [3.63, 3.8) is 0 Å². The van der Waals surface area contributed by atoms with Crippen LogP contribution in [0, 0.1) is 0 Å². The second-order valence-corrected chi connectivity index (χ2v) is 4.24. The summed E-state index contributed by atoms with van der Waals surface area (Å²) in [4.78, 5) is 8.78. The van der Waals surface area contributed by atoms with Crippen LogP contribution in [0.15, 0.2) is 24.4 Å². The Kier molecular flexibility index (Phi) is 1.99. The Morgan fingerprint density at radius 2 is 2.13 bits per heavy atom. The van der Waals surface area contributed by atoms with E-state index in [1.165, 1.54) is 12.8 Å². The topological polar surface area (TPSA) is 37.8 Å². The number of hydrogen-bond acceptors (Lipinski definition) is 3. The maximum atomic E-state index is 5.87. The second-order valence-electron chi connectivity index (χ2n) is 3.81. The molecular formula is C11H10ClN3. The first-order chi connectivity index (χ1) is 7.31. The van der Waals surface area contributed by atoms with Crippen LogP contribution in [0.2, 0.25) is 5.02 Å². The van der Waals surface area contributed by atoms with Gasteiger partial charge in [-0.25, -0.2) is 4.98 Å². The fraction of sp³-hybridized carbons (Fsp3) is 0.273. The third-order valence-corrected chi connectivity index (χ3v) is 2.67. The Labute approximate surface area is 92.5 Å². The quantitative estimate of drug-likeness (QED) is 0.844. The van der Waals surface area contributed by atoms with Crippen molar-refractivity contribution in [3.8, 4) is 0 Å². The second kappa shape index (κ2) is 3.35. The molecular weight excluding hydrogens is 210 g/mol. The number of fused-ring (bicyclic) bond motifs is 1. The number of nitrogens with zero attached hydrogens (tertiary/aromatic N) is 2. The standard InChI is InChI=1S/C11H10ClN3/c12-7-1-4-9-10(5-7)13-6-11(15-9)14-8-2-3-8/h1,4-6,8H,2-3H2,(H,14,15). The summed E-state index contributed by atoms with van der Waals surface area (Å²) in [5, 5.41) is 4.01. The smallest absolute Gasteiger partial charge is 0.145 e. The van der Waals surface area contributed by atoms with E-state index in [9.17, 15) is 0 Å². The van der Waals surface area contributed by atoms with E-state index in [0.717, 1.165) is 16.9 Å². The number of aromatic nitrogens is 2. The fourth-order valence-electron chi connectivity index (χ4n) is 1.49. The van der Waals surface area contributed by atoms with E-state index in [4.69, 9.17) is 11.6 Å². The molecule has 0 amide bonds. The zero-order valence-electron chi connectivity index (χ0n) is 8.07. The average molecular weight is 220 g/mol. The molecule has 1 aromatic heterocycles. The van der Waals surface area contributed by atoms with Crippen molar-refractivity contribution >= 4 is 28.5 Å². The van der Waals surface area contributed by atoms with E-state index in [0.29, 0.717) is 11.1 Å². The van der Waals surface area contributed by atoms with Crippen molar-refractivity contribution in [2.75, 3.05) is 5.32 Å². The number of halogens is 1. The molecule has 15 heavy (non-hydrogen) atoms. The third-order valence-electron chi connectivity index (χ3n) is 2.43. The van der Waals surface area contributed by atoms with E-state index < -0.39 is 0 Å². The lowest BCUT2D eigenvalue weighted by molar-refractivity contribution is 1.11. The van der Waals surface area contributed by atoms with Crippen molar-refractivity contribution in [1.82, 2.24) is 9.97 Å². The zero-order valence-corrected chi connectivity index (χ0v) is 8.83. The number of nitrogens with one attached hydrogen (secondary N) is 1. The van der Waals surface area contributed by atoms with Crippen LogP contribution >= 0.6 is 11.6 Å². The van der Waals surface area contributed by atoms with Crippen LogP contribution in [0.3, 0.4) is 0 Å². The molecule has 1 heterocycles. The molecule has 0 radical (unpaired) electrons. The van der Waals surface area contributed by atoms with Crippen molar-refractivity contribution in [2.24, 2.45) is 0 Å². The third kappa shape index (κ3) is 1.88. The lowest BCUT2D eigenvalue weighted by atomic mass is 10.3. The summed E-state index contributed by atoms with van der Waals surface area (Å²) >= 11 is 5.87. The monoisotopic (exact) mass is 219 g/mol. The van der Waals surface area contributed by atoms with Gasteiger partial charge in [0.05, 0.1) is 17.2 Å². The lowest BCUT2D eigenvalue weighted by Gasteiger charge is -2.04. The maximum Gasteiger partial charge on any atom is 0.145 e. The van der Waals surface area contributed by atoms with Gasteiger partial charge in [0.25, 0.3) is 0 Å². The molecule has 0 unspecified atom stereocenters. The van der Waals surface area contributed by atoms with Crippen LogP contribution < -0.4 is 5.32 Å². The number of benzene rings is 1. The largest absolute Gasteiger partial charge is 0.366 e. The normalized spacial score (nSPS) is 15.5. The van der Waals surface area contributed by atoms with Crippen molar-refractivity contribution in [1.29, 1.82) is 0 Å². The predicted octanol–water partition coefficient (Wildman–Crippen LogP) is 2.86. The summed E-state index contributed by atoms with van der Waals surface area (Å²) in [5.41, 5.74) is 1.72. The van der Waals surface area contributed by atoms with Gasteiger partial charge in [-0.3, -0.25) is 4.98 Å². The van der Waals surface area contributed by atoms with Gasteiger partial charge in [-0.1, -0.05) is 11.6 Å². The van der Waals surface area contributed by atoms with Gasteiger partial charge >= 0.3 is 0 Å². The van der Waals surface area contributed by atoms with Crippen LogP contribution in [-0.2, 0) is 0 Å². The minimum absolute atomic E-state index is 0.601. The molecule has 0 saturated heterocycles. The molecule has 3 nitrogen and oxygen atoms in total.